The molecule has 3 nitrogen and oxygen atoms in total. The molecular formula is C13H18Cl2N2O. The molecule has 0 aliphatic heterocycles. The third kappa shape index (κ3) is 3.87. The fraction of sp³-hybridized carbons (Fsp3) is 0.462. The molecule has 1 rings (SSSR count). The Hall–Kier alpha value is -0.770. The minimum atomic E-state index is -0.0574. The Kier molecular flexibility index (Phi) is 5.93. The maximum atomic E-state index is 12.0. The van der Waals surface area contributed by atoms with E-state index in [4.69, 9.17) is 23.2 Å². The van der Waals surface area contributed by atoms with Gasteiger partial charge in [-0.15, -0.1) is 0 Å². The lowest BCUT2D eigenvalue weighted by Gasteiger charge is -2.22. The summed E-state index contributed by atoms with van der Waals surface area (Å²) in [6.45, 7) is 3.02. The first-order chi connectivity index (χ1) is 8.47. The summed E-state index contributed by atoms with van der Waals surface area (Å²) in [7, 11) is 3.60. The van der Waals surface area contributed by atoms with Gasteiger partial charge in [-0.25, -0.2) is 0 Å². The zero-order valence-electron chi connectivity index (χ0n) is 10.8. The summed E-state index contributed by atoms with van der Waals surface area (Å²) in [6, 6.07) is 5.44. The van der Waals surface area contributed by atoms with Crippen molar-refractivity contribution < 1.29 is 4.79 Å². The quantitative estimate of drug-likeness (QED) is 0.904. The fourth-order valence-corrected chi connectivity index (χ4v) is 2.15. The van der Waals surface area contributed by atoms with E-state index in [1.807, 2.05) is 26.1 Å². The van der Waals surface area contributed by atoms with Crippen LogP contribution in [0.4, 0.5) is 0 Å². The highest BCUT2D eigenvalue weighted by atomic mass is 35.5. The zero-order chi connectivity index (χ0) is 13.7. The maximum absolute atomic E-state index is 12.0. The Morgan fingerprint density at radius 1 is 1.44 bits per heavy atom. The zero-order valence-corrected chi connectivity index (χ0v) is 12.3. The average molecular weight is 289 g/mol. The number of carbonyl (C=O) groups is 1. The van der Waals surface area contributed by atoms with Gasteiger partial charge in [0.1, 0.15) is 0 Å². The van der Waals surface area contributed by atoms with Gasteiger partial charge in [0, 0.05) is 26.1 Å². The van der Waals surface area contributed by atoms with Crippen LogP contribution in [0.2, 0.25) is 10.0 Å². The minimum absolute atomic E-state index is 0.0574. The van der Waals surface area contributed by atoms with Gasteiger partial charge in [-0.2, -0.15) is 0 Å². The monoisotopic (exact) mass is 288 g/mol. The summed E-state index contributed by atoms with van der Waals surface area (Å²) in [5, 5.41) is 4.02. The van der Waals surface area contributed by atoms with Gasteiger partial charge in [0.25, 0.3) is 0 Å². The molecule has 1 unspecified atom stereocenters. The van der Waals surface area contributed by atoms with Crippen molar-refractivity contribution in [3.63, 3.8) is 0 Å². The predicted molar refractivity (Wildman–Crippen MR) is 76.0 cm³/mol. The average Bonchev–Trinajstić information content (AvgIpc) is 2.34. The highest BCUT2D eigenvalue weighted by molar-refractivity contribution is 6.42. The summed E-state index contributed by atoms with van der Waals surface area (Å²) in [6.07, 6.45) is 0. The van der Waals surface area contributed by atoms with Crippen molar-refractivity contribution in [2.75, 3.05) is 20.6 Å². The molecule has 0 heterocycles. The first kappa shape index (κ1) is 15.3. The molecule has 0 spiro atoms. The smallest absolute Gasteiger partial charge is 0.226 e. The lowest BCUT2D eigenvalue weighted by molar-refractivity contribution is -0.134. The molecule has 1 aromatic carbocycles. The van der Waals surface area contributed by atoms with Crippen LogP contribution in [0.15, 0.2) is 18.2 Å². The van der Waals surface area contributed by atoms with Crippen LogP contribution in [0.1, 0.15) is 12.5 Å². The standard InChI is InChI=1S/C13H18Cl2N2O/c1-9(7-16-2)13(18)17(3)8-10-5-4-6-11(14)12(10)15/h4-6,9,16H,7-8H2,1-3H3. The summed E-state index contributed by atoms with van der Waals surface area (Å²) in [4.78, 5) is 13.7. The summed E-state index contributed by atoms with van der Waals surface area (Å²) >= 11 is 12.0. The molecule has 0 aliphatic carbocycles. The molecule has 0 aromatic heterocycles. The molecule has 100 valence electrons. The van der Waals surface area contributed by atoms with Crippen molar-refractivity contribution in [1.29, 1.82) is 0 Å². The first-order valence-corrected chi connectivity index (χ1v) is 6.55. The largest absolute Gasteiger partial charge is 0.341 e. The number of nitrogens with zero attached hydrogens (tertiary/aromatic N) is 1. The second kappa shape index (κ2) is 6.98. The summed E-state index contributed by atoms with van der Waals surface area (Å²) < 4.78 is 0. The van der Waals surface area contributed by atoms with E-state index in [1.54, 1.807) is 18.0 Å². The van der Waals surface area contributed by atoms with Crippen LogP contribution in [0.3, 0.4) is 0 Å². The molecule has 0 fully saturated rings. The Labute approximate surface area is 118 Å². The minimum Gasteiger partial charge on any atom is -0.341 e. The predicted octanol–water partition coefficient (Wildman–Crippen LogP) is 2.81. The first-order valence-electron chi connectivity index (χ1n) is 5.79. The Balaban J connectivity index is 2.72. The van der Waals surface area contributed by atoms with Gasteiger partial charge in [-0.05, 0) is 18.7 Å². The second-order valence-corrected chi connectivity index (χ2v) is 5.15. The van der Waals surface area contributed by atoms with Crippen LogP contribution in [0.25, 0.3) is 0 Å². The van der Waals surface area contributed by atoms with Crippen LogP contribution in [-0.2, 0) is 11.3 Å². The van der Waals surface area contributed by atoms with Gasteiger partial charge < -0.3 is 10.2 Å². The number of rotatable bonds is 5. The van der Waals surface area contributed by atoms with Gasteiger partial charge in [0.05, 0.1) is 10.0 Å². The van der Waals surface area contributed by atoms with Crippen LogP contribution in [0.5, 0.6) is 0 Å². The Morgan fingerprint density at radius 2 is 2.11 bits per heavy atom. The van der Waals surface area contributed by atoms with Crippen LogP contribution >= 0.6 is 23.2 Å². The molecule has 0 aliphatic rings. The number of amides is 1. The number of halogens is 2. The number of carbonyl (C=O) groups excluding carboxylic acids is 1. The number of benzene rings is 1. The van der Waals surface area contributed by atoms with Gasteiger partial charge in [-0.1, -0.05) is 42.3 Å². The molecule has 0 radical (unpaired) electrons. The molecule has 0 saturated carbocycles. The van der Waals surface area contributed by atoms with Crippen molar-refractivity contribution >= 4 is 29.1 Å². The van der Waals surface area contributed by atoms with Crippen molar-refractivity contribution in [3.8, 4) is 0 Å². The number of hydrogen-bond acceptors (Lipinski definition) is 2. The lowest BCUT2D eigenvalue weighted by Crippen LogP contribution is -2.35. The van der Waals surface area contributed by atoms with E-state index in [0.717, 1.165) is 5.56 Å². The molecular weight excluding hydrogens is 271 g/mol. The fourth-order valence-electron chi connectivity index (χ4n) is 1.77. The van der Waals surface area contributed by atoms with E-state index in [-0.39, 0.29) is 11.8 Å². The molecule has 0 saturated heterocycles. The number of hydrogen-bond donors (Lipinski definition) is 1. The molecule has 1 atom stereocenters. The molecule has 18 heavy (non-hydrogen) atoms. The van der Waals surface area contributed by atoms with Gasteiger partial charge in [0.2, 0.25) is 5.91 Å². The van der Waals surface area contributed by atoms with Crippen molar-refractivity contribution in [2.45, 2.75) is 13.5 Å². The third-order valence-electron chi connectivity index (χ3n) is 2.75. The topological polar surface area (TPSA) is 32.3 Å². The summed E-state index contributed by atoms with van der Waals surface area (Å²) in [5.74, 6) is 0.0263. The van der Waals surface area contributed by atoms with E-state index in [9.17, 15) is 4.79 Å². The van der Waals surface area contributed by atoms with Crippen molar-refractivity contribution in [2.24, 2.45) is 5.92 Å². The highest BCUT2D eigenvalue weighted by Crippen LogP contribution is 2.26. The van der Waals surface area contributed by atoms with E-state index in [1.165, 1.54) is 0 Å². The highest BCUT2D eigenvalue weighted by Gasteiger charge is 2.17. The summed E-state index contributed by atoms with van der Waals surface area (Å²) in [5.41, 5.74) is 0.858. The maximum Gasteiger partial charge on any atom is 0.226 e. The van der Waals surface area contributed by atoms with Crippen LogP contribution in [0, 0.1) is 5.92 Å². The van der Waals surface area contributed by atoms with Gasteiger partial charge in [-0.3, -0.25) is 4.79 Å². The van der Waals surface area contributed by atoms with Crippen LogP contribution in [-0.4, -0.2) is 31.4 Å². The van der Waals surface area contributed by atoms with Gasteiger partial charge >= 0.3 is 0 Å². The van der Waals surface area contributed by atoms with Crippen molar-refractivity contribution in [1.82, 2.24) is 10.2 Å². The van der Waals surface area contributed by atoms with E-state index >= 15 is 0 Å². The Morgan fingerprint density at radius 3 is 2.72 bits per heavy atom. The van der Waals surface area contributed by atoms with Crippen molar-refractivity contribution in [3.05, 3.63) is 33.8 Å². The van der Waals surface area contributed by atoms with E-state index < -0.39 is 0 Å². The van der Waals surface area contributed by atoms with E-state index in [2.05, 4.69) is 5.32 Å². The molecule has 1 amide bonds. The van der Waals surface area contributed by atoms with Crippen LogP contribution < -0.4 is 5.32 Å². The van der Waals surface area contributed by atoms with Gasteiger partial charge in [0.15, 0.2) is 0 Å². The van der Waals surface area contributed by atoms with E-state index in [0.29, 0.717) is 23.1 Å². The SMILES string of the molecule is CNCC(C)C(=O)N(C)Cc1cccc(Cl)c1Cl. The molecule has 0 bridgehead atoms. The molecule has 5 heteroatoms. The number of nitrogens with one attached hydrogen (secondary N) is 1. The second-order valence-electron chi connectivity index (χ2n) is 4.37. The normalized spacial score (nSPS) is 12.3. The molecule has 1 N–H and O–H groups in total. The Bertz CT molecular complexity index is 423. The lowest BCUT2D eigenvalue weighted by atomic mass is 10.1. The third-order valence-corrected chi connectivity index (χ3v) is 3.61. The molecule has 1 aromatic rings.